The molecule has 0 amide bonds. The van der Waals surface area contributed by atoms with Crippen molar-refractivity contribution in [3.05, 3.63) is 24.3 Å². The lowest BCUT2D eigenvalue weighted by atomic mass is 10.0. The maximum atomic E-state index is 12.9. The van der Waals surface area contributed by atoms with Crippen LogP contribution in [0.2, 0.25) is 0 Å². The third-order valence-corrected chi connectivity index (χ3v) is 14.4. The number of carbonyl (C=O) groups excluding carboxylic acids is 3. The van der Waals surface area contributed by atoms with E-state index in [1.165, 1.54) is 244 Å². The molecule has 6 heteroatoms. The Bertz CT molecular complexity index is 1150. The van der Waals surface area contributed by atoms with E-state index in [1.807, 2.05) is 0 Å². The summed E-state index contributed by atoms with van der Waals surface area (Å²) in [6.07, 6.45) is 71.9. The fourth-order valence-electron chi connectivity index (χ4n) is 9.61. The molecule has 418 valence electrons. The lowest BCUT2D eigenvalue weighted by molar-refractivity contribution is -0.167. The molecule has 0 aliphatic heterocycles. The van der Waals surface area contributed by atoms with Crippen molar-refractivity contribution in [2.75, 3.05) is 13.2 Å². The topological polar surface area (TPSA) is 78.9 Å². The van der Waals surface area contributed by atoms with Crippen molar-refractivity contribution in [1.29, 1.82) is 0 Å². The van der Waals surface area contributed by atoms with Gasteiger partial charge < -0.3 is 14.2 Å². The van der Waals surface area contributed by atoms with Crippen molar-refractivity contribution in [3.8, 4) is 0 Å². The van der Waals surface area contributed by atoms with Crippen molar-refractivity contribution >= 4 is 17.9 Å². The monoisotopic (exact) mass is 999 g/mol. The van der Waals surface area contributed by atoms with Gasteiger partial charge in [0.25, 0.3) is 0 Å². The van der Waals surface area contributed by atoms with Crippen molar-refractivity contribution < 1.29 is 28.6 Å². The fourth-order valence-corrected chi connectivity index (χ4v) is 9.61. The quantitative estimate of drug-likeness (QED) is 0.0261. The molecule has 0 aromatic carbocycles. The van der Waals surface area contributed by atoms with E-state index < -0.39 is 6.10 Å². The zero-order valence-electron chi connectivity index (χ0n) is 48.0. The predicted octanol–water partition coefficient (Wildman–Crippen LogP) is 21.4. The molecular weight excluding hydrogens is 877 g/mol. The van der Waals surface area contributed by atoms with Crippen LogP contribution in [0.1, 0.15) is 355 Å². The Balaban J connectivity index is 4.21. The van der Waals surface area contributed by atoms with Gasteiger partial charge in [0.15, 0.2) is 6.10 Å². The van der Waals surface area contributed by atoms with Gasteiger partial charge in [-0.05, 0) is 70.6 Å². The number of allylic oxidation sites excluding steroid dienone is 4. The highest BCUT2D eigenvalue weighted by Gasteiger charge is 2.19. The number of ether oxygens (including phenoxy) is 3. The van der Waals surface area contributed by atoms with E-state index in [4.69, 9.17) is 14.2 Å². The van der Waals surface area contributed by atoms with E-state index in [0.29, 0.717) is 19.3 Å². The van der Waals surface area contributed by atoms with Gasteiger partial charge in [-0.25, -0.2) is 0 Å². The van der Waals surface area contributed by atoms with E-state index in [-0.39, 0.29) is 31.1 Å². The minimum absolute atomic E-state index is 0.0726. The first-order valence-corrected chi connectivity index (χ1v) is 31.8. The average Bonchev–Trinajstić information content (AvgIpc) is 3.37. The third kappa shape index (κ3) is 58.7. The van der Waals surface area contributed by atoms with Gasteiger partial charge in [0.05, 0.1) is 0 Å². The van der Waals surface area contributed by atoms with Gasteiger partial charge >= 0.3 is 17.9 Å². The number of rotatable bonds is 59. The molecule has 0 bridgehead atoms. The van der Waals surface area contributed by atoms with E-state index in [0.717, 1.165) is 70.6 Å². The van der Waals surface area contributed by atoms with E-state index in [1.54, 1.807) is 0 Å². The lowest BCUT2D eigenvalue weighted by Gasteiger charge is -2.18. The SMILES string of the molecule is CCCCCC/C=C\CCCCCCCC(=O)OCC(COC(=O)CCCCCCCCCCCCCCCCCCCCCCCCCCC)OC(=O)CCCCCCC/C=C\CCCCCCCC. The summed E-state index contributed by atoms with van der Waals surface area (Å²) in [5, 5.41) is 0. The third-order valence-electron chi connectivity index (χ3n) is 14.4. The highest BCUT2D eigenvalue weighted by Crippen LogP contribution is 2.18. The molecule has 0 radical (unpaired) electrons. The number of esters is 3. The summed E-state index contributed by atoms with van der Waals surface area (Å²) in [6, 6.07) is 0. The predicted molar refractivity (Wildman–Crippen MR) is 307 cm³/mol. The van der Waals surface area contributed by atoms with Gasteiger partial charge in [0.1, 0.15) is 13.2 Å². The molecule has 1 atom stereocenters. The largest absolute Gasteiger partial charge is 0.462 e. The fraction of sp³-hybridized carbons (Fsp3) is 0.892. The molecule has 0 fully saturated rings. The Kier molecular flexibility index (Phi) is 58.6. The highest BCUT2D eigenvalue weighted by atomic mass is 16.6. The Morgan fingerprint density at radius 1 is 0.268 bits per heavy atom. The summed E-state index contributed by atoms with van der Waals surface area (Å²) < 4.78 is 16.9. The van der Waals surface area contributed by atoms with Crippen molar-refractivity contribution in [3.63, 3.8) is 0 Å². The maximum absolute atomic E-state index is 12.9. The number of unbranched alkanes of at least 4 members (excludes halogenated alkanes) is 44. The van der Waals surface area contributed by atoms with Crippen molar-refractivity contribution in [2.45, 2.75) is 361 Å². The van der Waals surface area contributed by atoms with Crippen LogP contribution in [0.4, 0.5) is 0 Å². The molecule has 0 spiro atoms. The number of hydrogen-bond donors (Lipinski definition) is 0. The Hall–Kier alpha value is -2.11. The first kappa shape index (κ1) is 68.9. The molecule has 1 unspecified atom stereocenters. The minimum Gasteiger partial charge on any atom is -0.462 e. The van der Waals surface area contributed by atoms with Gasteiger partial charge in [-0.15, -0.1) is 0 Å². The molecule has 6 nitrogen and oxygen atoms in total. The second-order valence-corrected chi connectivity index (χ2v) is 21.7. The maximum Gasteiger partial charge on any atom is 0.306 e. The Morgan fingerprint density at radius 2 is 0.465 bits per heavy atom. The Labute approximate surface area is 443 Å². The minimum atomic E-state index is -0.776. The first-order chi connectivity index (χ1) is 35.0. The molecule has 0 aliphatic rings. The van der Waals surface area contributed by atoms with Gasteiger partial charge in [-0.2, -0.15) is 0 Å². The van der Waals surface area contributed by atoms with Gasteiger partial charge in [-0.3, -0.25) is 14.4 Å². The van der Waals surface area contributed by atoms with Crippen LogP contribution in [0.5, 0.6) is 0 Å². The highest BCUT2D eigenvalue weighted by molar-refractivity contribution is 5.71. The summed E-state index contributed by atoms with van der Waals surface area (Å²) in [5.74, 6) is -0.867. The summed E-state index contributed by atoms with van der Waals surface area (Å²) in [5.41, 5.74) is 0. The van der Waals surface area contributed by atoms with Crippen LogP contribution in [0.25, 0.3) is 0 Å². The number of hydrogen-bond acceptors (Lipinski definition) is 6. The molecule has 71 heavy (non-hydrogen) atoms. The molecular formula is C65H122O6. The molecule has 0 saturated carbocycles. The van der Waals surface area contributed by atoms with Crippen LogP contribution in [0, 0.1) is 0 Å². The Morgan fingerprint density at radius 3 is 0.718 bits per heavy atom. The van der Waals surface area contributed by atoms with E-state index in [9.17, 15) is 14.4 Å². The van der Waals surface area contributed by atoms with E-state index in [2.05, 4.69) is 45.1 Å². The van der Waals surface area contributed by atoms with Crippen LogP contribution in [-0.2, 0) is 28.6 Å². The van der Waals surface area contributed by atoms with E-state index >= 15 is 0 Å². The smallest absolute Gasteiger partial charge is 0.306 e. The number of carbonyl (C=O) groups is 3. The normalized spacial score (nSPS) is 12.1. The standard InChI is InChI=1S/C65H122O6/c1-4-7-10-13-16-19-22-25-27-28-29-30-31-32-33-34-35-36-38-40-43-46-49-52-55-58-64(67)70-61-62(60-69-63(66)57-54-51-48-45-42-39-24-21-18-15-12-9-6-3)71-65(68)59-56-53-50-47-44-41-37-26-23-20-17-14-11-8-5-2/h21,24,26,37,62H,4-20,22-23,25,27-36,38-61H2,1-3H3/b24-21-,37-26-. The van der Waals surface area contributed by atoms with Crippen LogP contribution in [0.3, 0.4) is 0 Å². The van der Waals surface area contributed by atoms with Crippen molar-refractivity contribution in [2.24, 2.45) is 0 Å². The van der Waals surface area contributed by atoms with Crippen LogP contribution in [-0.4, -0.2) is 37.2 Å². The van der Waals surface area contributed by atoms with Gasteiger partial charge in [0.2, 0.25) is 0 Å². The summed E-state index contributed by atoms with van der Waals surface area (Å²) in [4.78, 5) is 38.2. The average molecular weight is 1000 g/mol. The molecule has 0 aromatic heterocycles. The van der Waals surface area contributed by atoms with Gasteiger partial charge in [-0.1, -0.05) is 289 Å². The molecule has 0 aromatic rings. The van der Waals surface area contributed by atoms with Crippen LogP contribution >= 0.6 is 0 Å². The second-order valence-electron chi connectivity index (χ2n) is 21.7. The summed E-state index contributed by atoms with van der Waals surface area (Å²) in [6.45, 7) is 6.66. The zero-order valence-corrected chi connectivity index (χ0v) is 48.0. The molecule has 0 heterocycles. The van der Waals surface area contributed by atoms with Crippen molar-refractivity contribution in [1.82, 2.24) is 0 Å². The van der Waals surface area contributed by atoms with Gasteiger partial charge in [0, 0.05) is 19.3 Å². The lowest BCUT2D eigenvalue weighted by Crippen LogP contribution is -2.30. The zero-order chi connectivity index (χ0) is 51.4. The summed E-state index contributed by atoms with van der Waals surface area (Å²) >= 11 is 0. The molecule has 0 aliphatic carbocycles. The van der Waals surface area contributed by atoms with Crippen LogP contribution < -0.4 is 0 Å². The summed E-state index contributed by atoms with van der Waals surface area (Å²) in [7, 11) is 0. The first-order valence-electron chi connectivity index (χ1n) is 31.8. The molecule has 0 rings (SSSR count). The molecule has 0 saturated heterocycles. The second kappa shape index (κ2) is 60.4. The molecule has 0 N–H and O–H groups in total. The van der Waals surface area contributed by atoms with Crippen LogP contribution in [0.15, 0.2) is 24.3 Å².